The summed E-state index contributed by atoms with van der Waals surface area (Å²) in [6.07, 6.45) is 3.73. The Hall–Kier alpha value is -4.17. The van der Waals surface area contributed by atoms with Crippen LogP contribution in [0.3, 0.4) is 0 Å². The lowest BCUT2D eigenvalue weighted by Crippen LogP contribution is -2.21. The van der Waals surface area contributed by atoms with Crippen LogP contribution >= 0.6 is 0 Å². The normalized spacial score (nSPS) is 12.0. The number of carbonyl (C=O) groups is 1. The van der Waals surface area contributed by atoms with Crippen LogP contribution in [0, 0.1) is 0 Å². The first kappa shape index (κ1) is 26.9. The number of nitrogens with zero attached hydrogens (tertiary/aromatic N) is 1. The van der Waals surface area contributed by atoms with E-state index in [9.17, 15) is 25.2 Å². The Kier molecular flexibility index (Phi) is 8.43. The number of aliphatic hydroxyl groups excluding tert-OH is 1. The zero-order valence-corrected chi connectivity index (χ0v) is 21.6. The molecule has 0 amide bonds. The molecular formula is C30H33NO7. The Morgan fingerprint density at radius 2 is 1.71 bits per heavy atom. The number of aliphatic hydroxyl groups is 1. The summed E-state index contributed by atoms with van der Waals surface area (Å²) in [5.41, 5.74) is 3.09. The van der Waals surface area contributed by atoms with Crippen LogP contribution in [0.4, 0.5) is 0 Å². The fraction of sp³-hybridized carbons (Fsp3) is 0.300. The zero-order valence-electron chi connectivity index (χ0n) is 21.6. The number of aromatic nitrogens is 1. The number of hydrogen-bond donors (Lipinski definition) is 4. The highest BCUT2D eigenvalue weighted by Gasteiger charge is 2.18. The van der Waals surface area contributed by atoms with E-state index in [2.05, 4.69) is 6.92 Å². The minimum absolute atomic E-state index is 0.0174. The summed E-state index contributed by atoms with van der Waals surface area (Å²) in [6, 6.07) is 14.8. The highest BCUT2D eigenvalue weighted by molar-refractivity contribution is 5.89. The molecule has 0 bridgehead atoms. The largest absolute Gasteiger partial charge is 0.508 e. The lowest BCUT2D eigenvalue weighted by Gasteiger charge is -2.12. The molecule has 1 atom stereocenters. The van der Waals surface area contributed by atoms with Crippen LogP contribution in [-0.4, -0.2) is 50.8 Å². The predicted octanol–water partition coefficient (Wildman–Crippen LogP) is 4.92. The number of methoxy groups -OCH3 is 1. The molecule has 1 aromatic heterocycles. The quantitative estimate of drug-likeness (QED) is 0.208. The number of fused-ring (bicyclic) bond motifs is 1. The van der Waals surface area contributed by atoms with Crippen LogP contribution in [0.15, 0.2) is 60.8 Å². The molecule has 38 heavy (non-hydrogen) atoms. The summed E-state index contributed by atoms with van der Waals surface area (Å²) in [4.78, 5) is 12.4. The molecule has 0 fully saturated rings. The van der Waals surface area contributed by atoms with Crippen molar-refractivity contribution in [3.8, 4) is 23.0 Å². The number of ether oxygens (including phenoxy) is 2. The number of phenols is 3. The van der Waals surface area contributed by atoms with Gasteiger partial charge in [-0.15, -0.1) is 0 Å². The van der Waals surface area contributed by atoms with Crippen molar-refractivity contribution in [2.24, 2.45) is 0 Å². The monoisotopic (exact) mass is 519 g/mol. The Morgan fingerprint density at radius 3 is 2.37 bits per heavy atom. The van der Waals surface area contributed by atoms with Crippen LogP contribution in [0.1, 0.15) is 46.8 Å². The van der Waals surface area contributed by atoms with Gasteiger partial charge in [0.05, 0.1) is 30.9 Å². The van der Waals surface area contributed by atoms with Gasteiger partial charge in [0, 0.05) is 23.5 Å². The number of hydrogen-bond acceptors (Lipinski definition) is 7. The molecule has 4 N–H and O–H groups in total. The first-order valence-corrected chi connectivity index (χ1v) is 12.6. The fourth-order valence-corrected chi connectivity index (χ4v) is 4.50. The first-order valence-electron chi connectivity index (χ1n) is 12.6. The fourth-order valence-electron chi connectivity index (χ4n) is 4.50. The number of unbranched alkanes of at least 4 members (excludes halogenated alkanes) is 1. The van der Waals surface area contributed by atoms with E-state index in [-0.39, 0.29) is 36.8 Å². The number of benzene rings is 3. The second-order valence-electron chi connectivity index (χ2n) is 9.38. The highest BCUT2D eigenvalue weighted by Crippen LogP contribution is 2.33. The summed E-state index contributed by atoms with van der Waals surface area (Å²) < 4.78 is 12.2. The van der Waals surface area contributed by atoms with E-state index in [0.717, 1.165) is 35.9 Å². The van der Waals surface area contributed by atoms with Gasteiger partial charge in [0.2, 0.25) is 0 Å². The number of esters is 1. The molecule has 1 heterocycles. The molecule has 0 aliphatic heterocycles. The van der Waals surface area contributed by atoms with Gasteiger partial charge in [-0.3, -0.25) is 0 Å². The van der Waals surface area contributed by atoms with Gasteiger partial charge in [-0.1, -0.05) is 13.3 Å². The molecule has 0 radical (unpaired) electrons. The lowest BCUT2D eigenvalue weighted by molar-refractivity contribution is 0.0259. The van der Waals surface area contributed by atoms with Crippen molar-refractivity contribution in [3.05, 3.63) is 83.0 Å². The summed E-state index contributed by atoms with van der Waals surface area (Å²) in [5.74, 6) is 0.172. The van der Waals surface area contributed by atoms with Gasteiger partial charge in [-0.05, 0) is 78.6 Å². The van der Waals surface area contributed by atoms with Crippen molar-refractivity contribution in [2.75, 3.05) is 13.7 Å². The van der Waals surface area contributed by atoms with E-state index >= 15 is 0 Å². The standard InChI is InChI=1S/C30H33NO7/c1-3-4-5-19-12-28(34)26(29(35)13-19)17-31-16-21(25-15-22(32)8-11-27(25)31)14-23(33)18-38-30(36)20-6-9-24(37-2)10-7-20/h6-13,15-16,23,32-35H,3-5,14,17-18H2,1-2H3. The molecule has 0 saturated carbocycles. The minimum Gasteiger partial charge on any atom is -0.508 e. The summed E-state index contributed by atoms with van der Waals surface area (Å²) >= 11 is 0. The molecule has 200 valence electrons. The minimum atomic E-state index is -0.988. The molecule has 8 heteroatoms. The van der Waals surface area contributed by atoms with Crippen molar-refractivity contribution in [2.45, 2.75) is 45.3 Å². The Balaban J connectivity index is 1.51. The molecule has 0 spiro atoms. The SMILES string of the molecule is CCCCc1cc(O)c(Cn2cc(CC(O)COC(=O)c3ccc(OC)cc3)c3cc(O)ccc32)c(O)c1. The number of rotatable bonds is 11. The molecule has 0 aliphatic rings. The Morgan fingerprint density at radius 1 is 1.00 bits per heavy atom. The third kappa shape index (κ3) is 6.20. The van der Waals surface area contributed by atoms with Gasteiger partial charge in [0.25, 0.3) is 0 Å². The maximum absolute atomic E-state index is 12.4. The maximum Gasteiger partial charge on any atom is 0.338 e. The molecule has 0 aliphatic carbocycles. The van der Waals surface area contributed by atoms with Gasteiger partial charge in [-0.25, -0.2) is 4.79 Å². The van der Waals surface area contributed by atoms with Crippen molar-refractivity contribution < 1.29 is 34.7 Å². The summed E-state index contributed by atoms with van der Waals surface area (Å²) in [6.45, 7) is 2.06. The van der Waals surface area contributed by atoms with Crippen molar-refractivity contribution in [1.29, 1.82) is 0 Å². The topological polar surface area (TPSA) is 121 Å². The number of aromatic hydroxyl groups is 3. The smallest absolute Gasteiger partial charge is 0.338 e. The van der Waals surface area contributed by atoms with E-state index in [0.29, 0.717) is 22.3 Å². The van der Waals surface area contributed by atoms with Crippen LogP contribution in [0.25, 0.3) is 10.9 Å². The van der Waals surface area contributed by atoms with Gasteiger partial charge in [0.15, 0.2) is 0 Å². The second-order valence-corrected chi connectivity index (χ2v) is 9.38. The average molecular weight is 520 g/mol. The van der Waals surface area contributed by atoms with E-state index < -0.39 is 12.1 Å². The maximum atomic E-state index is 12.4. The first-order chi connectivity index (χ1) is 18.3. The Labute approximate surface area is 221 Å². The Bertz CT molecular complexity index is 1390. The molecule has 8 nitrogen and oxygen atoms in total. The van der Waals surface area contributed by atoms with E-state index in [1.165, 1.54) is 7.11 Å². The van der Waals surface area contributed by atoms with Crippen LogP contribution < -0.4 is 4.74 Å². The second kappa shape index (κ2) is 11.9. The lowest BCUT2D eigenvalue weighted by atomic mass is 10.0. The van der Waals surface area contributed by atoms with Gasteiger partial charge < -0.3 is 34.5 Å². The third-order valence-corrected chi connectivity index (χ3v) is 6.55. The van der Waals surface area contributed by atoms with Crippen molar-refractivity contribution >= 4 is 16.9 Å². The number of carbonyl (C=O) groups excluding carboxylic acids is 1. The third-order valence-electron chi connectivity index (χ3n) is 6.55. The predicted molar refractivity (Wildman–Crippen MR) is 144 cm³/mol. The van der Waals surface area contributed by atoms with E-state index in [4.69, 9.17) is 9.47 Å². The van der Waals surface area contributed by atoms with Gasteiger partial charge >= 0.3 is 5.97 Å². The van der Waals surface area contributed by atoms with Gasteiger partial charge in [0.1, 0.15) is 29.6 Å². The van der Waals surface area contributed by atoms with E-state index in [1.54, 1.807) is 54.6 Å². The molecule has 3 aromatic carbocycles. The molecular weight excluding hydrogens is 486 g/mol. The molecule has 4 aromatic rings. The van der Waals surface area contributed by atoms with Crippen LogP contribution in [0.2, 0.25) is 0 Å². The average Bonchev–Trinajstić information content (AvgIpc) is 3.23. The summed E-state index contributed by atoms with van der Waals surface area (Å²) in [5, 5.41) is 42.7. The molecule has 1 unspecified atom stereocenters. The van der Waals surface area contributed by atoms with Gasteiger partial charge in [-0.2, -0.15) is 0 Å². The highest BCUT2D eigenvalue weighted by atomic mass is 16.5. The number of phenolic OH excluding ortho intramolecular Hbond substituents is 3. The van der Waals surface area contributed by atoms with Crippen LogP contribution in [-0.2, 0) is 24.1 Å². The van der Waals surface area contributed by atoms with Crippen molar-refractivity contribution in [3.63, 3.8) is 0 Å². The number of aryl methyl sites for hydroxylation is 1. The molecule has 0 saturated heterocycles. The summed E-state index contributed by atoms with van der Waals surface area (Å²) in [7, 11) is 1.54. The zero-order chi connectivity index (χ0) is 27.2. The molecule has 4 rings (SSSR count). The van der Waals surface area contributed by atoms with E-state index in [1.807, 2.05) is 10.8 Å². The van der Waals surface area contributed by atoms with Crippen molar-refractivity contribution in [1.82, 2.24) is 4.57 Å². The van der Waals surface area contributed by atoms with Crippen LogP contribution in [0.5, 0.6) is 23.0 Å².